The van der Waals surface area contributed by atoms with E-state index in [2.05, 4.69) is 13.8 Å². The fourth-order valence-electron chi connectivity index (χ4n) is 6.24. The molecule has 6 N–H and O–H groups in total. The molecule has 0 amide bonds. The Labute approximate surface area is 302 Å². The summed E-state index contributed by atoms with van der Waals surface area (Å²) in [5.41, 5.74) is 0. The summed E-state index contributed by atoms with van der Waals surface area (Å²) in [4.78, 5) is 22.9. The molecule has 6 unspecified atom stereocenters. The van der Waals surface area contributed by atoms with Crippen molar-refractivity contribution in [3.8, 4) is 0 Å². The number of aliphatic hydroxyl groups excluding tert-OH is 5. The number of carbonyl (C=O) groups is 1. The van der Waals surface area contributed by atoms with Crippen molar-refractivity contribution in [1.29, 1.82) is 0 Å². The van der Waals surface area contributed by atoms with E-state index in [0.717, 1.165) is 44.9 Å². The number of aliphatic hydroxyl groups is 5. The van der Waals surface area contributed by atoms with Gasteiger partial charge in [0.25, 0.3) is 0 Å². The van der Waals surface area contributed by atoms with Gasteiger partial charge < -0.3 is 39.9 Å². The van der Waals surface area contributed by atoms with Crippen molar-refractivity contribution in [1.82, 2.24) is 0 Å². The van der Waals surface area contributed by atoms with Gasteiger partial charge in [-0.2, -0.15) is 0 Å². The number of carbonyl (C=O) groups excluding carboxylic acids is 1. The molecular formula is C37H73O12P. The van der Waals surface area contributed by atoms with Crippen LogP contribution in [0, 0.1) is 0 Å². The van der Waals surface area contributed by atoms with Crippen molar-refractivity contribution in [3.05, 3.63) is 0 Å². The number of phosphoric acid groups is 1. The minimum Gasteiger partial charge on any atom is -0.457 e. The molecule has 0 aromatic carbocycles. The lowest BCUT2D eigenvalue weighted by molar-refractivity contribution is -0.220. The van der Waals surface area contributed by atoms with E-state index in [0.29, 0.717) is 13.0 Å². The highest BCUT2D eigenvalue weighted by Gasteiger charge is 2.51. The summed E-state index contributed by atoms with van der Waals surface area (Å²) in [6, 6.07) is 0. The zero-order valence-corrected chi connectivity index (χ0v) is 32.1. The Kier molecular flexibility index (Phi) is 28.2. The second kappa shape index (κ2) is 29.8. The number of hydrogen-bond acceptors (Lipinski definition) is 11. The zero-order valence-electron chi connectivity index (χ0n) is 31.2. The van der Waals surface area contributed by atoms with E-state index in [1.165, 1.54) is 96.3 Å². The van der Waals surface area contributed by atoms with Crippen LogP contribution in [0.3, 0.4) is 0 Å². The van der Waals surface area contributed by atoms with Gasteiger partial charge in [-0.1, -0.05) is 149 Å². The standard InChI is InChI=1S/C37H73O12P/c1-3-5-7-9-11-12-13-14-15-16-17-18-19-21-23-25-27-46-28-30(48-31(38)26-24-22-20-10-8-6-4-2)29-47-50(44,45)49-37-35(42)33(40)32(39)34(41)36(37)43/h30,32-37,39-43H,3-29H2,1-2H3,(H,44,45). The maximum Gasteiger partial charge on any atom is 0.472 e. The van der Waals surface area contributed by atoms with Crippen LogP contribution in [0.2, 0.25) is 0 Å². The average Bonchev–Trinajstić information content (AvgIpc) is 3.09. The molecular weight excluding hydrogens is 667 g/mol. The Bertz CT molecular complexity index is 848. The minimum absolute atomic E-state index is 0.0696. The fourth-order valence-corrected chi connectivity index (χ4v) is 7.21. The van der Waals surface area contributed by atoms with E-state index >= 15 is 0 Å². The third-order valence-corrected chi connectivity index (χ3v) is 10.5. The summed E-state index contributed by atoms with van der Waals surface area (Å²) in [6.45, 7) is 4.20. The fraction of sp³-hybridized carbons (Fsp3) is 0.973. The van der Waals surface area contributed by atoms with E-state index in [1.54, 1.807) is 0 Å². The van der Waals surface area contributed by atoms with Crippen molar-refractivity contribution in [2.24, 2.45) is 0 Å². The first-order valence-corrected chi connectivity index (χ1v) is 21.4. The smallest absolute Gasteiger partial charge is 0.457 e. The molecule has 1 aliphatic carbocycles. The van der Waals surface area contributed by atoms with E-state index in [1.807, 2.05) is 0 Å². The molecule has 1 saturated carbocycles. The quantitative estimate of drug-likeness (QED) is 0.0239. The van der Waals surface area contributed by atoms with Gasteiger partial charge in [-0.25, -0.2) is 4.57 Å². The van der Waals surface area contributed by atoms with E-state index < -0.39 is 63.1 Å². The van der Waals surface area contributed by atoms with Gasteiger partial charge >= 0.3 is 13.8 Å². The third-order valence-electron chi connectivity index (χ3n) is 9.48. The van der Waals surface area contributed by atoms with Gasteiger partial charge in [0.15, 0.2) is 0 Å². The summed E-state index contributed by atoms with van der Waals surface area (Å²) in [5, 5.41) is 49.9. The van der Waals surface area contributed by atoms with Crippen LogP contribution >= 0.6 is 7.82 Å². The Morgan fingerprint density at radius 3 is 1.38 bits per heavy atom. The Balaban J connectivity index is 2.39. The highest BCUT2D eigenvalue weighted by atomic mass is 31.2. The highest BCUT2D eigenvalue weighted by molar-refractivity contribution is 7.47. The van der Waals surface area contributed by atoms with Gasteiger partial charge in [0.2, 0.25) is 0 Å². The third kappa shape index (κ3) is 22.4. The van der Waals surface area contributed by atoms with Gasteiger partial charge in [-0.3, -0.25) is 13.8 Å². The summed E-state index contributed by atoms with van der Waals surface area (Å²) < 4.78 is 33.9. The Hall–Kier alpha value is -0.660. The number of unbranched alkanes of at least 4 members (excludes halogenated alkanes) is 21. The van der Waals surface area contributed by atoms with Crippen LogP contribution in [0.1, 0.15) is 168 Å². The molecule has 1 fully saturated rings. The minimum atomic E-state index is -4.99. The molecule has 0 radical (unpaired) electrons. The normalized spacial score (nSPS) is 24.2. The summed E-state index contributed by atoms with van der Waals surface area (Å²) in [7, 11) is -4.99. The first-order valence-electron chi connectivity index (χ1n) is 19.9. The van der Waals surface area contributed by atoms with Crippen molar-refractivity contribution >= 4 is 13.8 Å². The van der Waals surface area contributed by atoms with Crippen molar-refractivity contribution in [3.63, 3.8) is 0 Å². The van der Waals surface area contributed by atoms with Crippen molar-refractivity contribution in [2.45, 2.75) is 211 Å². The predicted octanol–water partition coefficient (Wildman–Crippen LogP) is 6.64. The molecule has 0 aromatic rings. The van der Waals surface area contributed by atoms with Crippen LogP contribution < -0.4 is 0 Å². The van der Waals surface area contributed by atoms with Gasteiger partial charge in [-0.05, 0) is 12.8 Å². The molecule has 12 nitrogen and oxygen atoms in total. The molecule has 1 rings (SSSR count). The second-order valence-electron chi connectivity index (χ2n) is 14.1. The van der Waals surface area contributed by atoms with Gasteiger partial charge in [0.1, 0.15) is 42.7 Å². The van der Waals surface area contributed by atoms with E-state index in [-0.39, 0.29) is 13.0 Å². The number of hydrogen-bond donors (Lipinski definition) is 6. The van der Waals surface area contributed by atoms with Crippen LogP contribution in [0.15, 0.2) is 0 Å². The van der Waals surface area contributed by atoms with E-state index in [4.69, 9.17) is 18.5 Å². The van der Waals surface area contributed by atoms with Gasteiger partial charge in [-0.15, -0.1) is 0 Å². The molecule has 0 heterocycles. The number of ether oxygens (including phenoxy) is 2. The van der Waals surface area contributed by atoms with Gasteiger partial charge in [0.05, 0.1) is 13.2 Å². The molecule has 0 spiro atoms. The van der Waals surface area contributed by atoms with Crippen LogP contribution in [-0.4, -0.2) is 98.9 Å². The first kappa shape index (κ1) is 47.4. The Morgan fingerprint density at radius 1 is 0.560 bits per heavy atom. The first-order chi connectivity index (χ1) is 24.0. The van der Waals surface area contributed by atoms with Crippen LogP contribution in [0.5, 0.6) is 0 Å². The molecule has 298 valence electrons. The van der Waals surface area contributed by atoms with Gasteiger partial charge in [0, 0.05) is 13.0 Å². The molecule has 1 aliphatic rings. The summed E-state index contributed by atoms with van der Waals surface area (Å²) >= 11 is 0. The maximum atomic E-state index is 12.7. The lowest BCUT2D eigenvalue weighted by Gasteiger charge is -2.41. The molecule has 0 aliphatic heterocycles. The molecule has 0 aromatic heterocycles. The Morgan fingerprint density at radius 2 is 0.940 bits per heavy atom. The monoisotopic (exact) mass is 740 g/mol. The van der Waals surface area contributed by atoms with Crippen LogP contribution in [-0.2, 0) is 27.9 Å². The van der Waals surface area contributed by atoms with Crippen LogP contribution in [0.4, 0.5) is 0 Å². The largest absolute Gasteiger partial charge is 0.472 e. The summed E-state index contributed by atoms with van der Waals surface area (Å²) in [6.07, 6.45) is 15.0. The van der Waals surface area contributed by atoms with Crippen LogP contribution in [0.25, 0.3) is 0 Å². The van der Waals surface area contributed by atoms with Crippen molar-refractivity contribution < 1.29 is 58.3 Å². The molecule has 6 atom stereocenters. The lowest BCUT2D eigenvalue weighted by atomic mass is 9.85. The number of phosphoric ester groups is 1. The molecule has 50 heavy (non-hydrogen) atoms. The zero-order chi connectivity index (χ0) is 37.0. The predicted molar refractivity (Wildman–Crippen MR) is 194 cm³/mol. The van der Waals surface area contributed by atoms with E-state index in [9.17, 15) is 39.8 Å². The second-order valence-corrected chi connectivity index (χ2v) is 15.6. The average molecular weight is 741 g/mol. The lowest BCUT2D eigenvalue weighted by Crippen LogP contribution is -2.64. The molecule has 0 saturated heterocycles. The van der Waals surface area contributed by atoms with Crippen molar-refractivity contribution in [2.75, 3.05) is 19.8 Å². The maximum absolute atomic E-state index is 12.7. The molecule has 0 bridgehead atoms. The SMILES string of the molecule is CCCCCCCCCCCCCCCCCCOCC(COP(=O)(O)OC1C(O)C(O)C(O)C(O)C1O)OC(=O)CCCCCCCCC. The number of esters is 1. The topological polar surface area (TPSA) is 192 Å². The highest BCUT2D eigenvalue weighted by Crippen LogP contribution is 2.47. The number of rotatable bonds is 33. The summed E-state index contributed by atoms with van der Waals surface area (Å²) in [5.74, 6) is -0.481. The molecule has 13 heteroatoms.